The molecule has 1 N–H and O–H groups in total. The number of carbonyl (C=O) groups excluding carboxylic acids is 1. The van der Waals surface area contributed by atoms with Crippen LogP contribution in [-0.2, 0) is 28.4 Å². The number of ether oxygens (including phenoxy) is 8. The van der Waals surface area contributed by atoms with E-state index in [-0.39, 0.29) is 13.2 Å². The Kier molecular flexibility index (Phi) is 21.8. The first kappa shape index (κ1) is 36.5. The molecule has 2 aromatic heterocycles. The zero-order chi connectivity index (χ0) is 30.6. The molecule has 2 heterocycles. The summed E-state index contributed by atoms with van der Waals surface area (Å²) < 4.78 is 43.3. The predicted molar refractivity (Wildman–Crippen MR) is 162 cm³/mol. The second kappa shape index (κ2) is 25.7. The fraction of sp³-hybridized carbons (Fsp3) is 0.633. The van der Waals surface area contributed by atoms with Crippen molar-refractivity contribution in [2.45, 2.75) is 25.7 Å². The van der Waals surface area contributed by atoms with Gasteiger partial charge in [-0.25, -0.2) is 4.79 Å². The van der Waals surface area contributed by atoms with Gasteiger partial charge in [-0.1, -0.05) is 12.8 Å². The van der Waals surface area contributed by atoms with Crippen molar-refractivity contribution < 1.29 is 42.7 Å². The molecule has 43 heavy (non-hydrogen) atoms. The normalized spacial score (nSPS) is 10.9. The number of halogens is 1. The average molecular weight is 628 g/mol. The molecule has 0 atom stereocenters. The van der Waals surface area contributed by atoms with Crippen LogP contribution in [0, 0.1) is 0 Å². The van der Waals surface area contributed by atoms with Crippen LogP contribution in [0.2, 0.25) is 0 Å². The molecule has 242 valence electrons. The van der Waals surface area contributed by atoms with Crippen molar-refractivity contribution in [2.75, 3.05) is 98.8 Å². The van der Waals surface area contributed by atoms with E-state index in [0.717, 1.165) is 32.3 Å². The minimum atomic E-state index is -0.530. The molecule has 2 aromatic rings. The Morgan fingerprint density at radius 1 is 0.674 bits per heavy atom. The second-order valence-corrected chi connectivity index (χ2v) is 9.44. The average Bonchev–Trinajstić information content (AvgIpc) is 3.03. The van der Waals surface area contributed by atoms with Crippen LogP contribution >= 0.6 is 11.6 Å². The maximum absolute atomic E-state index is 11.9. The lowest BCUT2D eigenvalue weighted by Crippen LogP contribution is -2.29. The number of pyridine rings is 2. The largest absolute Gasteiger partial charge is 0.491 e. The molecule has 13 heteroatoms. The number of rotatable bonds is 27. The molecule has 0 saturated carbocycles. The topological polar surface area (TPSA) is 129 Å². The quantitative estimate of drug-likeness (QED) is 0.113. The minimum absolute atomic E-state index is 0.0893. The first-order valence-electron chi connectivity index (χ1n) is 14.7. The van der Waals surface area contributed by atoms with Crippen LogP contribution in [0.3, 0.4) is 0 Å². The Balaban J connectivity index is 1.53. The van der Waals surface area contributed by atoms with E-state index < -0.39 is 6.09 Å². The molecule has 1 amide bonds. The lowest BCUT2D eigenvalue weighted by Gasteiger charge is -2.10. The zero-order valence-corrected chi connectivity index (χ0v) is 25.9. The van der Waals surface area contributed by atoms with Crippen molar-refractivity contribution in [3.8, 4) is 22.9 Å². The second-order valence-electron chi connectivity index (χ2n) is 9.06. The smallest absolute Gasteiger partial charge is 0.407 e. The number of amides is 1. The molecule has 0 saturated heterocycles. The van der Waals surface area contributed by atoms with E-state index in [0.29, 0.717) is 94.8 Å². The number of unbranched alkanes of at least 4 members (excludes halogenated alkanes) is 3. The van der Waals surface area contributed by atoms with Crippen LogP contribution in [0.15, 0.2) is 36.7 Å². The number of alkyl halides is 1. The van der Waals surface area contributed by atoms with Crippen LogP contribution in [-0.4, -0.2) is 115 Å². The maximum atomic E-state index is 11.9. The van der Waals surface area contributed by atoms with Crippen LogP contribution in [0.25, 0.3) is 11.4 Å². The molecule has 0 aliphatic rings. The summed E-state index contributed by atoms with van der Waals surface area (Å²) >= 11 is 5.65. The van der Waals surface area contributed by atoms with Crippen molar-refractivity contribution in [3.63, 3.8) is 0 Å². The Hall–Kier alpha value is -2.74. The third-order valence-electron chi connectivity index (χ3n) is 5.67. The summed E-state index contributed by atoms with van der Waals surface area (Å²) in [6.07, 6.45) is 7.10. The number of nitrogens with zero attached hydrogens (tertiary/aromatic N) is 2. The van der Waals surface area contributed by atoms with E-state index >= 15 is 0 Å². The standard InChI is InChI=1S/C30H46ClN3O9/c1-36-14-15-39-18-19-40-20-21-41-26-6-9-32-28(24-26)29-25-27(7-10-33-29)42-22-23-43-30(35)34-11-13-38-17-16-37-12-5-3-2-4-8-31/h6-7,9-10,24-25H,2-5,8,11-23H2,1H3,(H,34,35). The summed E-state index contributed by atoms with van der Waals surface area (Å²) in [6, 6.07) is 7.06. The van der Waals surface area contributed by atoms with E-state index in [2.05, 4.69) is 15.3 Å². The summed E-state index contributed by atoms with van der Waals surface area (Å²) in [4.78, 5) is 20.6. The number of methoxy groups -OCH3 is 1. The van der Waals surface area contributed by atoms with Gasteiger partial charge in [0.05, 0.1) is 64.2 Å². The lowest BCUT2D eigenvalue weighted by atomic mass is 10.2. The van der Waals surface area contributed by atoms with Gasteiger partial charge >= 0.3 is 6.09 Å². The van der Waals surface area contributed by atoms with Crippen LogP contribution in [0.5, 0.6) is 11.5 Å². The minimum Gasteiger partial charge on any atom is -0.491 e. The molecule has 0 fully saturated rings. The van der Waals surface area contributed by atoms with Crippen molar-refractivity contribution in [1.82, 2.24) is 15.3 Å². The fourth-order valence-corrected chi connectivity index (χ4v) is 3.70. The lowest BCUT2D eigenvalue weighted by molar-refractivity contribution is 0.0180. The van der Waals surface area contributed by atoms with E-state index in [1.165, 1.54) is 0 Å². The summed E-state index contributed by atoms with van der Waals surface area (Å²) in [6.45, 7) is 5.68. The SMILES string of the molecule is COCCOCCOCCOc1ccnc(-c2cc(OCCOC(=O)NCCOCCOCCCCCCCl)ccn2)c1. The van der Waals surface area contributed by atoms with Gasteiger partial charge in [-0.15, -0.1) is 11.6 Å². The van der Waals surface area contributed by atoms with Crippen molar-refractivity contribution in [1.29, 1.82) is 0 Å². The number of hydrogen-bond acceptors (Lipinski definition) is 11. The molecule has 0 radical (unpaired) electrons. The number of alkyl carbamates (subject to hydrolysis) is 1. The summed E-state index contributed by atoms with van der Waals surface area (Å²) in [5.41, 5.74) is 1.26. The van der Waals surface area contributed by atoms with Gasteiger partial charge in [-0.3, -0.25) is 9.97 Å². The first-order chi connectivity index (χ1) is 21.2. The molecular weight excluding hydrogens is 582 g/mol. The highest BCUT2D eigenvalue weighted by Crippen LogP contribution is 2.23. The molecule has 12 nitrogen and oxygen atoms in total. The molecular formula is C30H46ClN3O9. The van der Waals surface area contributed by atoms with Crippen molar-refractivity contribution in [2.24, 2.45) is 0 Å². The number of nitrogens with one attached hydrogen (secondary N) is 1. The van der Waals surface area contributed by atoms with Crippen LogP contribution in [0.4, 0.5) is 4.79 Å². The molecule has 0 aromatic carbocycles. The molecule has 2 rings (SSSR count). The summed E-state index contributed by atoms with van der Waals surface area (Å²) in [5.74, 6) is 1.95. The monoisotopic (exact) mass is 627 g/mol. The summed E-state index contributed by atoms with van der Waals surface area (Å²) in [5, 5.41) is 2.64. The van der Waals surface area contributed by atoms with E-state index in [1.54, 1.807) is 43.8 Å². The van der Waals surface area contributed by atoms with Gasteiger partial charge in [0.15, 0.2) is 0 Å². The molecule has 0 bridgehead atoms. The molecule has 0 spiro atoms. The molecule has 0 aliphatic carbocycles. The highest BCUT2D eigenvalue weighted by Gasteiger charge is 2.07. The van der Waals surface area contributed by atoms with Gasteiger partial charge in [-0.2, -0.15) is 0 Å². The first-order valence-corrected chi connectivity index (χ1v) is 15.2. The number of aromatic nitrogens is 2. The number of hydrogen-bond donors (Lipinski definition) is 1. The third-order valence-corrected chi connectivity index (χ3v) is 5.94. The Morgan fingerprint density at radius 3 is 1.84 bits per heavy atom. The third kappa shape index (κ3) is 19.2. The highest BCUT2D eigenvalue weighted by molar-refractivity contribution is 6.17. The number of carbonyl (C=O) groups is 1. The van der Waals surface area contributed by atoms with Crippen molar-refractivity contribution >= 4 is 17.7 Å². The van der Waals surface area contributed by atoms with Gasteiger partial charge in [0.2, 0.25) is 0 Å². The molecule has 0 aliphatic heterocycles. The maximum Gasteiger partial charge on any atom is 0.407 e. The Labute approximate surface area is 259 Å². The van der Waals surface area contributed by atoms with Gasteiger partial charge in [0.1, 0.15) is 31.3 Å². The van der Waals surface area contributed by atoms with Crippen LogP contribution in [0.1, 0.15) is 25.7 Å². The van der Waals surface area contributed by atoms with Gasteiger partial charge in [0.25, 0.3) is 0 Å². The van der Waals surface area contributed by atoms with Gasteiger partial charge in [-0.05, 0) is 25.0 Å². The van der Waals surface area contributed by atoms with Gasteiger partial charge in [0, 0.05) is 50.7 Å². The van der Waals surface area contributed by atoms with Gasteiger partial charge < -0.3 is 43.2 Å². The van der Waals surface area contributed by atoms with E-state index in [4.69, 9.17) is 49.5 Å². The van der Waals surface area contributed by atoms with E-state index in [1.807, 2.05) is 0 Å². The van der Waals surface area contributed by atoms with Crippen LogP contribution < -0.4 is 14.8 Å². The fourth-order valence-electron chi connectivity index (χ4n) is 3.51. The summed E-state index contributed by atoms with van der Waals surface area (Å²) in [7, 11) is 1.63. The highest BCUT2D eigenvalue weighted by atomic mass is 35.5. The van der Waals surface area contributed by atoms with E-state index in [9.17, 15) is 4.79 Å². The predicted octanol–water partition coefficient (Wildman–Crippen LogP) is 4.14. The molecule has 0 unspecified atom stereocenters. The Morgan fingerprint density at radius 2 is 1.21 bits per heavy atom. The van der Waals surface area contributed by atoms with Crippen molar-refractivity contribution in [3.05, 3.63) is 36.7 Å². The Bertz CT molecular complexity index is 974. The zero-order valence-electron chi connectivity index (χ0n) is 25.1.